The fourth-order valence-electron chi connectivity index (χ4n) is 4.49. The van der Waals surface area contributed by atoms with Gasteiger partial charge in [-0.3, -0.25) is 19.7 Å². The molecule has 0 bridgehead atoms. The highest BCUT2D eigenvalue weighted by molar-refractivity contribution is 5.77. The average molecular weight is 633 g/mol. The third-order valence-corrected chi connectivity index (χ3v) is 7.38. The second-order valence-electron chi connectivity index (χ2n) is 11.9. The minimum Gasteiger partial charge on any atom is -0.462 e. The van der Waals surface area contributed by atoms with E-state index in [2.05, 4.69) is 21.5 Å². The number of nitrogens with one attached hydrogen (secondary N) is 1. The molecule has 2 aromatic rings. The lowest BCUT2D eigenvalue weighted by atomic mass is 9.94. The Balaban J connectivity index is 2.03. The minimum atomic E-state index is -2.02. The zero-order chi connectivity index (χ0) is 33.6. The van der Waals surface area contributed by atoms with Crippen LogP contribution in [0, 0.1) is 23.2 Å². The molecular formula is C29H44N8O8. The van der Waals surface area contributed by atoms with E-state index in [-0.39, 0.29) is 30.5 Å². The first-order valence-electron chi connectivity index (χ1n) is 14.7. The zero-order valence-corrected chi connectivity index (χ0v) is 26.6. The van der Waals surface area contributed by atoms with Crippen molar-refractivity contribution in [2.75, 3.05) is 19.1 Å². The molecule has 2 aromatic heterocycles. The van der Waals surface area contributed by atoms with Crippen LogP contribution in [0.1, 0.15) is 60.3 Å². The van der Waals surface area contributed by atoms with Gasteiger partial charge >= 0.3 is 17.9 Å². The summed E-state index contributed by atoms with van der Waals surface area (Å²) in [6.07, 6.45) is -3.21. The number of nitriles is 1. The quantitative estimate of drug-likeness (QED) is 0.0949. The van der Waals surface area contributed by atoms with Gasteiger partial charge in [0.1, 0.15) is 42.1 Å². The number of ether oxygens (including phenoxy) is 5. The molecule has 0 radical (unpaired) electrons. The van der Waals surface area contributed by atoms with E-state index in [9.17, 15) is 19.6 Å². The van der Waals surface area contributed by atoms with Gasteiger partial charge in [-0.25, -0.2) is 9.50 Å². The Kier molecular flexibility index (Phi) is 11.8. The molecule has 16 heteroatoms. The Labute approximate surface area is 261 Å². The number of nitrogen functional groups attached to an aromatic ring is 1. The summed E-state index contributed by atoms with van der Waals surface area (Å²) in [7, 11) is 0. The number of aromatic nitrogens is 3. The third-order valence-electron chi connectivity index (χ3n) is 7.38. The number of rotatable bonds is 14. The van der Waals surface area contributed by atoms with Crippen molar-refractivity contribution in [3.8, 4) is 6.07 Å². The maximum atomic E-state index is 13.2. The number of esters is 3. The smallest absolute Gasteiger partial charge is 0.323 e. The molecule has 1 saturated heterocycles. The maximum absolute atomic E-state index is 13.2. The van der Waals surface area contributed by atoms with Crippen LogP contribution < -0.4 is 22.5 Å². The van der Waals surface area contributed by atoms with Gasteiger partial charge in [0.15, 0.2) is 18.0 Å². The first kappa shape index (κ1) is 35.6. The van der Waals surface area contributed by atoms with Crippen molar-refractivity contribution in [1.82, 2.24) is 19.9 Å². The molecule has 3 rings (SSSR count). The lowest BCUT2D eigenvalue weighted by Crippen LogP contribution is -2.53. The summed E-state index contributed by atoms with van der Waals surface area (Å²) >= 11 is 0. The maximum Gasteiger partial charge on any atom is 0.323 e. The summed E-state index contributed by atoms with van der Waals surface area (Å²) in [5, 5.41) is 17.7. The molecule has 1 fully saturated rings. The van der Waals surface area contributed by atoms with Crippen molar-refractivity contribution < 1.29 is 38.1 Å². The Morgan fingerprint density at radius 2 is 1.67 bits per heavy atom. The molecule has 0 saturated carbocycles. The molecule has 1 aliphatic heterocycles. The summed E-state index contributed by atoms with van der Waals surface area (Å²) in [5.74, 6) is -2.59. The minimum absolute atomic E-state index is 0.168. The number of carbonyl (C=O) groups excluding carboxylic acids is 3. The zero-order valence-electron chi connectivity index (χ0n) is 26.6. The van der Waals surface area contributed by atoms with Gasteiger partial charge < -0.3 is 40.9 Å². The van der Waals surface area contributed by atoms with Gasteiger partial charge in [-0.15, -0.1) is 0 Å². The van der Waals surface area contributed by atoms with Crippen LogP contribution in [-0.2, 0) is 38.1 Å². The molecule has 16 nitrogen and oxygen atoms in total. The standard InChI is InChI=1S/C29H44N8O8/c1-14(2)20(31)27(39)43-23-22(18-8-9-19-25(33)34-12-36-37(18)19)45-29(10-30,24(23)44-28(40)21(32)15(3)4)11-41-13-35-17(7)26(38)42-16(5)6/h8-9,12,14-17,20-24,35H,11,13,31-32H2,1-7H3,(H2,33,34,36)/t17-,20?,21?,22-,23-,24-,29+/m0/s1. The number of carbonyl (C=O) groups is 3. The summed E-state index contributed by atoms with van der Waals surface area (Å²) in [6, 6.07) is 2.49. The average Bonchev–Trinajstić information content (AvgIpc) is 3.54. The molecule has 1 aliphatic rings. The normalized spacial score (nSPS) is 23.6. The Morgan fingerprint density at radius 1 is 1.04 bits per heavy atom. The highest BCUT2D eigenvalue weighted by Gasteiger charge is 2.62. The first-order valence-corrected chi connectivity index (χ1v) is 14.7. The van der Waals surface area contributed by atoms with Gasteiger partial charge in [0.05, 0.1) is 25.1 Å². The van der Waals surface area contributed by atoms with Gasteiger partial charge in [0.2, 0.25) is 5.60 Å². The first-order chi connectivity index (χ1) is 21.1. The topological polar surface area (TPSA) is 241 Å². The third kappa shape index (κ3) is 8.05. The van der Waals surface area contributed by atoms with Gasteiger partial charge in [-0.2, -0.15) is 10.4 Å². The van der Waals surface area contributed by atoms with Crippen molar-refractivity contribution in [3.63, 3.8) is 0 Å². The Bertz CT molecular complexity index is 1390. The molecule has 2 unspecified atom stereocenters. The van der Waals surface area contributed by atoms with E-state index in [1.54, 1.807) is 60.6 Å². The summed E-state index contributed by atoms with van der Waals surface area (Å²) in [5.41, 5.74) is 17.0. The molecular weight excluding hydrogens is 588 g/mol. The number of hydrogen-bond donors (Lipinski definition) is 4. The molecule has 0 aromatic carbocycles. The summed E-state index contributed by atoms with van der Waals surface area (Å²) < 4.78 is 30.5. The van der Waals surface area contributed by atoms with Crippen molar-refractivity contribution in [2.45, 2.75) is 96.6 Å². The number of nitrogens with zero attached hydrogens (tertiary/aromatic N) is 4. The van der Waals surface area contributed by atoms with E-state index in [0.717, 1.165) is 0 Å². The lowest BCUT2D eigenvalue weighted by Gasteiger charge is -2.30. The molecule has 45 heavy (non-hydrogen) atoms. The van der Waals surface area contributed by atoms with Crippen molar-refractivity contribution >= 4 is 29.2 Å². The molecule has 0 spiro atoms. The fourth-order valence-corrected chi connectivity index (χ4v) is 4.49. The van der Waals surface area contributed by atoms with Crippen LogP contribution in [0.4, 0.5) is 5.82 Å². The fraction of sp³-hybridized carbons (Fsp3) is 0.655. The Hall–Kier alpha value is -3.88. The molecule has 3 heterocycles. The van der Waals surface area contributed by atoms with Crippen LogP contribution >= 0.6 is 0 Å². The molecule has 0 amide bonds. The monoisotopic (exact) mass is 632 g/mol. The van der Waals surface area contributed by atoms with Crippen LogP contribution in [0.5, 0.6) is 0 Å². The highest BCUT2D eigenvalue weighted by Crippen LogP contribution is 2.44. The van der Waals surface area contributed by atoms with Crippen LogP contribution in [0.15, 0.2) is 18.5 Å². The van der Waals surface area contributed by atoms with E-state index < -0.39 is 66.6 Å². The summed E-state index contributed by atoms with van der Waals surface area (Å²) in [6.45, 7) is 11.3. The van der Waals surface area contributed by atoms with Crippen molar-refractivity contribution in [1.29, 1.82) is 5.26 Å². The van der Waals surface area contributed by atoms with E-state index in [1.807, 2.05) is 0 Å². The van der Waals surface area contributed by atoms with Crippen molar-refractivity contribution in [3.05, 3.63) is 24.2 Å². The predicted octanol–water partition coefficient (Wildman–Crippen LogP) is 0.339. The van der Waals surface area contributed by atoms with Crippen molar-refractivity contribution in [2.24, 2.45) is 23.3 Å². The highest BCUT2D eigenvalue weighted by atomic mass is 16.7. The number of fused-ring (bicyclic) bond motifs is 1. The molecule has 7 N–H and O–H groups in total. The van der Waals surface area contributed by atoms with E-state index in [4.69, 9.17) is 40.9 Å². The van der Waals surface area contributed by atoms with Crippen LogP contribution in [0.3, 0.4) is 0 Å². The van der Waals surface area contributed by atoms with E-state index in [1.165, 1.54) is 10.8 Å². The second-order valence-corrected chi connectivity index (χ2v) is 11.9. The Morgan fingerprint density at radius 3 is 2.24 bits per heavy atom. The van der Waals surface area contributed by atoms with Gasteiger partial charge in [-0.1, -0.05) is 27.7 Å². The predicted molar refractivity (Wildman–Crippen MR) is 160 cm³/mol. The van der Waals surface area contributed by atoms with Gasteiger partial charge in [0.25, 0.3) is 0 Å². The van der Waals surface area contributed by atoms with Crippen LogP contribution in [-0.4, -0.2) is 87.9 Å². The van der Waals surface area contributed by atoms with E-state index in [0.29, 0.717) is 11.2 Å². The lowest BCUT2D eigenvalue weighted by molar-refractivity contribution is -0.173. The largest absolute Gasteiger partial charge is 0.462 e. The van der Waals surface area contributed by atoms with E-state index >= 15 is 0 Å². The molecule has 248 valence electrons. The molecule has 0 aliphatic carbocycles. The number of anilines is 1. The second kappa shape index (κ2) is 14.9. The number of nitrogens with two attached hydrogens (primary N) is 3. The SMILES string of the molecule is CC(C)OC(=O)[C@H](C)NCOC[C@@]1(C#N)O[C@@H](c2ccc3c(N)ncnn23)[C@H](OC(=O)C(N)C(C)C)[C@@H]1OC(=O)C(N)C(C)C. The van der Waals surface area contributed by atoms with Gasteiger partial charge in [-0.05, 0) is 44.7 Å². The van der Waals surface area contributed by atoms with Gasteiger partial charge in [0, 0.05) is 0 Å². The summed E-state index contributed by atoms with van der Waals surface area (Å²) in [4.78, 5) is 42.7. The number of hydrogen-bond acceptors (Lipinski definition) is 15. The van der Waals surface area contributed by atoms with Crippen LogP contribution in [0.2, 0.25) is 0 Å². The molecule has 7 atom stereocenters. The van der Waals surface area contributed by atoms with Crippen LogP contribution in [0.25, 0.3) is 5.52 Å².